The van der Waals surface area contributed by atoms with E-state index in [0.29, 0.717) is 12.4 Å². The first-order valence-corrected chi connectivity index (χ1v) is 10.3. The minimum Gasteiger partial charge on any atom is -0.489 e. The first-order valence-electron chi connectivity index (χ1n) is 9.49. The number of amides is 1. The molecule has 0 heterocycles. The molecule has 3 aromatic carbocycles. The van der Waals surface area contributed by atoms with Crippen LogP contribution in [0.15, 0.2) is 76.3 Å². The molecule has 30 heavy (non-hydrogen) atoms. The lowest BCUT2D eigenvalue weighted by Crippen LogP contribution is -2.24. The molecule has 1 N–H and O–H groups in total. The van der Waals surface area contributed by atoms with Gasteiger partial charge in [0.15, 0.2) is 6.61 Å². The van der Waals surface area contributed by atoms with Crippen molar-refractivity contribution in [2.24, 2.45) is 5.10 Å². The SMILES string of the molecule is Cc1cc(C)c(OCC(=O)NN=Cc2ccc(OCc3ccccc3)cc2)c(Br)c1. The van der Waals surface area contributed by atoms with E-state index in [1.54, 1.807) is 6.21 Å². The fourth-order valence-corrected chi connectivity index (χ4v) is 3.61. The van der Waals surface area contributed by atoms with Gasteiger partial charge in [-0.25, -0.2) is 5.43 Å². The van der Waals surface area contributed by atoms with Gasteiger partial charge in [0, 0.05) is 0 Å². The number of nitrogens with one attached hydrogen (secondary N) is 1. The highest BCUT2D eigenvalue weighted by Crippen LogP contribution is 2.30. The first kappa shape index (κ1) is 21.6. The van der Waals surface area contributed by atoms with E-state index in [1.165, 1.54) is 0 Å². The third-order valence-electron chi connectivity index (χ3n) is 4.25. The molecule has 0 aliphatic carbocycles. The van der Waals surface area contributed by atoms with E-state index in [2.05, 4.69) is 26.5 Å². The number of benzene rings is 3. The number of hydrazone groups is 1. The van der Waals surface area contributed by atoms with Crippen LogP contribution in [0.5, 0.6) is 11.5 Å². The summed E-state index contributed by atoms with van der Waals surface area (Å²) >= 11 is 3.46. The van der Waals surface area contributed by atoms with Crippen LogP contribution in [0.4, 0.5) is 0 Å². The van der Waals surface area contributed by atoms with Crippen LogP contribution < -0.4 is 14.9 Å². The van der Waals surface area contributed by atoms with Gasteiger partial charge in [0.25, 0.3) is 5.91 Å². The smallest absolute Gasteiger partial charge is 0.277 e. The summed E-state index contributed by atoms with van der Waals surface area (Å²) in [5, 5.41) is 3.98. The van der Waals surface area contributed by atoms with E-state index >= 15 is 0 Å². The largest absolute Gasteiger partial charge is 0.489 e. The Morgan fingerprint density at radius 3 is 2.47 bits per heavy atom. The zero-order valence-corrected chi connectivity index (χ0v) is 18.5. The lowest BCUT2D eigenvalue weighted by Gasteiger charge is -2.11. The minimum absolute atomic E-state index is 0.119. The number of rotatable bonds is 8. The van der Waals surface area contributed by atoms with Gasteiger partial charge in [0.2, 0.25) is 0 Å². The van der Waals surface area contributed by atoms with Crippen LogP contribution in [0.1, 0.15) is 22.3 Å². The van der Waals surface area contributed by atoms with E-state index in [4.69, 9.17) is 9.47 Å². The Morgan fingerprint density at radius 1 is 1.03 bits per heavy atom. The van der Waals surface area contributed by atoms with Crippen molar-refractivity contribution in [2.75, 3.05) is 6.61 Å². The topological polar surface area (TPSA) is 59.9 Å². The second kappa shape index (κ2) is 10.6. The standard InChI is InChI=1S/C24H23BrN2O3/c1-17-12-18(2)24(22(25)13-17)30-16-23(28)27-26-14-19-8-10-21(11-9-19)29-15-20-6-4-3-5-7-20/h3-14H,15-16H2,1-2H3,(H,27,28). The van der Waals surface area contributed by atoms with Gasteiger partial charge in [-0.05, 0) is 82.4 Å². The molecule has 0 saturated heterocycles. The van der Waals surface area contributed by atoms with Crippen molar-refractivity contribution >= 4 is 28.1 Å². The van der Waals surface area contributed by atoms with Crippen molar-refractivity contribution < 1.29 is 14.3 Å². The number of halogens is 1. The zero-order valence-electron chi connectivity index (χ0n) is 16.9. The Kier molecular flexibility index (Phi) is 7.63. The Labute approximate surface area is 184 Å². The van der Waals surface area contributed by atoms with Gasteiger partial charge >= 0.3 is 0 Å². The molecule has 5 nitrogen and oxygen atoms in total. The van der Waals surface area contributed by atoms with Gasteiger partial charge in [0.05, 0.1) is 10.7 Å². The Bertz CT molecular complexity index is 995. The fraction of sp³-hybridized carbons (Fsp3) is 0.167. The molecule has 0 bridgehead atoms. The number of nitrogens with zero attached hydrogens (tertiary/aromatic N) is 1. The Balaban J connectivity index is 1.45. The molecular formula is C24H23BrN2O3. The lowest BCUT2D eigenvalue weighted by atomic mass is 10.1. The van der Waals surface area contributed by atoms with E-state index in [1.807, 2.05) is 80.6 Å². The van der Waals surface area contributed by atoms with Crippen molar-refractivity contribution in [1.82, 2.24) is 5.43 Å². The highest BCUT2D eigenvalue weighted by atomic mass is 79.9. The summed E-state index contributed by atoms with van der Waals surface area (Å²) < 4.78 is 12.2. The molecular weight excluding hydrogens is 444 g/mol. The Morgan fingerprint density at radius 2 is 1.77 bits per heavy atom. The third kappa shape index (κ3) is 6.46. The summed E-state index contributed by atoms with van der Waals surface area (Å²) in [6.07, 6.45) is 1.58. The summed E-state index contributed by atoms with van der Waals surface area (Å²) in [6.45, 7) is 4.34. The number of hydrogen-bond donors (Lipinski definition) is 1. The Hall–Kier alpha value is -3.12. The van der Waals surface area contributed by atoms with E-state index < -0.39 is 0 Å². The molecule has 0 aromatic heterocycles. The summed E-state index contributed by atoms with van der Waals surface area (Å²) in [7, 11) is 0. The molecule has 3 rings (SSSR count). The van der Waals surface area contributed by atoms with Crippen molar-refractivity contribution in [2.45, 2.75) is 20.5 Å². The van der Waals surface area contributed by atoms with Gasteiger partial charge in [-0.1, -0.05) is 36.4 Å². The molecule has 0 atom stereocenters. The van der Waals surface area contributed by atoms with E-state index in [0.717, 1.165) is 32.5 Å². The maximum absolute atomic E-state index is 12.0. The maximum atomic E-state index is 12.0. The predicted molar refractivity (Wildman–Crippen MR) is 122 cm³/mol. The maximum Gasteiger partial charge on any atom is 0.277 e. The number of ether oxygens (including phenoxy) is 2. The minimum atomic E-state index is -0.332. The molecule has 0 aliphatic heterocycles. The van der Waals surface area contributed by atoms with Gasteiger partial charge in [0.1, 0.15) is 18.1 Å². The fourth-order valence-electron chi connectivity index (χ4n) is 2.83. The number of carbonyl (C=O) groups is 1. The summed E-state index contributed by atoms with van der Waals surface area (Å²) in [6, 6.07) is 21.4. The first-order chi connectivity index (χ1) is 14.5. The van der Waals surface area contributed by atoms with Crippen molar-refractivity contribution in [3.63, 3.8) is 0 Å². The van der Waals surface area contributed by atoms with Crippen LogP contribution in [0.25, 0.3) is 0 Å². The highest BCUT2D eigenvalue weighted by Gasteiger charge is 2.08. The normalized spacial score (nSPS) is 10.8. The van der Waals surface area contributed by atoms with E-state index in [-0.39, 0.29) is 12.5 Å². The van der Waals surface area contributed by atoms with Crippen LogP contribution >= 0.6 is 15.9 Å². The second-order valence-electron chi connectivity index (χ2n) is 6.82. The van der Waals surface area contributed by atoms with Gasteiger partial charge in [-0.15, -0.1) is 0 Å². The van der Waals surface area contributed by atoms with Crippen molar-refractivity contribution in [1.29, 1.82) is 0 Å². The molecule has 0 fully saturated rings. The third-order valence-corrected chi connectivity index (χ3v) is 4.84. The molecule has 6 heteroatoms. The average Bonchev–Trinajstić information content (AvgIpc) is 2.73. The van der Waals surface area contributed by atoms with Crippen LogP contribution in [-0.2, 0) is 11.4 Å². The van der Waals surface area contributed by atoms with Crippen molar-refractivity contribution in [3.8, 4) is 11.5 Å². The van der Waals surface area contributed by atoms with Crippen molar-refractivity contribution in [3.05, 3.63) is 93.5 Å². The molecule has 0 aliphatic rings. The molecule has 3 aromatic rings. The van der Waals surface area contributed by atoms with Gasteiger partial charge in [-0.2, -0.15) is 5.10 Å². The molecule has 0 unspecified atom stereocenters. The van der Waals surface area contributed by atoms with Gasteiger partial charge < -0.3 is 9.47 Å². The van der Waals surface area contributed by atoms with Gasteiger partial charge in [-0.3, -0.25) is 4.79 Å². The van der Waals surface area contributed by atoms with Crippen LogP contribution in [0, 0.1) is 13.8 Å². The number of carbonyl (C=O) groups excluding carboxylic acids is 1. The number of aryl methyl sites for hydroxylation is 2. The monoisotopic (exact) mass is 466 g/mol. The summed E-state index contributed by atoms with van der Waals surface area (Å²) in [4.78, 5) is 12.0. The summed E-state index contributed by atoms with van der Waals surface area (Å²) in [5.74, 6) is 1.10. The number of hydrogen-bond acceptors (Lipinski definition) is 4. The highest BCUT2D eigenvalue weighted by molar-refractivity contribution is 9.10. The molecule has 0 radical (unpaired) electrons. The molecule has 154 valence electrons. The second-order valence-corrected chi connectivity index (χ2v) is 7.67. The van der Waals surface area contributed by atoms with Crippen LogP contribution in [-0.4, -0.2) is 18.7 Å². The van der Waals surface area contributed by atoms with Crippen LogP contribution in [0.3, 0.4) is 0 Å². The average molecular weight is 467 g/mol. The van der Waals surface area contributed by atoms with Crippen LogP contribution in [0.2, 0.25) is 0 Å². The quantitative estimate of drug-likeness (QED) is 0.367. The molecule has 0 spiro atoms. The zero-order chi connectivity index (χ0) is 21.3. The molecule has 0 saturated carbocycles. The predicted octanol–water partition coefficient (Wildman–Crippen LogP) is 5.17. The summed E-state index contributed by atoms with van der Waals surface area (Å²) in [5.41, 5.74) is 6.52. The van der Waals surface area contributed by atoms with E-state index in [9.17, 15) is 4.79 Å². The lowest BCUT2D eigenvalue weighted by molar-refractivity contribution is -0.123. The molecule has 1 amide bonds.